The lowest BCUT2D eigenvalue weighted by Crippen LogP contribution is -2.20. The van der Waals surface area contributed by atoms with E-state index in [9.17, 15) is 4.79 Å². The Morgan fingerprint density at radius 1 is 1.59 bits per heavy atom. The van der Waals surface area contributed by atoms with E-state index in [1.807, 2.05) is 13.8 Å². The summed E-state index contributed by atoms with van der Waals surface area (Å²) in [6.45, 7) is 7.64. The Balaban J connectivity index is 1.90. The molecule has 1 N–H and O–H groups in total. The lowest BCUT2D eigenvalue weighted by atomic mass is 10.0. The van der Waals surface area contributed by atoms with Crippen LogP contribution in [-0.2, 0) is 4.79 Å². The van der Waals surface area contributed by atoms with Gasteiger partial charge >= 0.3 is 0 Å². The fraction of sp³-hybridized carbons (Fsp3) is 0.583. The van der Waals surface area contributed by atoms with Crippen LogP contribution in [0.5, 0.6) is 0 Å². The van der Waals surface area contributed by atoms with Crippen molar-refractivity contribution in [2.75, 3.05) is 5.32 Å². The van der Waals surface area contributed by atoms with Gasteiger partial charge in [-0.3, -0.25) is 4.79 Å². The fourth-order valence-corrected chi connectivity index (χ4v) is 2.54. The molecule has 1 fully saturated rings. The minimum absolute atomic E-state index is 0.00787. The monoisotopic (exact) mass is 251 g/mol. The third-order valence-corrected chi connectivity index (χ3v) is 3.70. The van der Waals surface area contributed by atoms with Gasteiger partial charge in [0.15, 0.2) is 0 Å². The van der Waals surface area contributed by atoms with Gasteiger partial charge in [-0.2, -0.15) is 0 Å². The van der Waals surface area contributed by atoms with Gasteiger partial charge in [0.25, 0.3) is 0 Å². The second-order valence-corrected chi connectivity index (χ2v) is 5.78. The molecule has 0 aliphatic heterocycles. The number of nitrogens with one attached hydrogen (secondary N) is 1. The standard InChI is InChI=1S/C12H17N3OS/c1-7(2)6-8(3)10(16)13-12-15-14-11(17-12)9-4-5-9/h8-9H,1,4-6H2,2-3H3,(H,13,15,16). The lowest BCUT2D eigenvalue weighted by Gasteiger charge is -2.09. The molecule has 1 aromatic rings. The number of nitrogens with zero attached hydrogens (tertiary/aromatic N) is 2. The second-order valence-electron chi connectivity index (χ2n) is 4.77. The Hall–Kier alpha value is -1.23. The summed E-state index contributed by atoms with van der Waals surface area (Å²) in [6, 6.07) is 0. The summed E-state index contributed by atoms with van der Waals surface area (Å²) in [5, 5.41) is 12.6. The molecule has 0 aromatic carbocycles. The zero-order chi connectivity index (χ0) is 12.4. The summed E-state index contributed by atoms with van der Waals surface area (Å²) in [6.07, 6.45) is 3.11. The van der Waals surface area contributed by atoms with E-state index in [-0.39, 0.29) is 11.8 Å². The van der Waals surface area contributed by atoms with Crippen LogP contribution in [-0.4, -0.2) is 16.1 Å². The maximum absolute atomic E-state index is 11.8. The molecule has 1 amide bonds. The number of anilines is 1. The van der Waals surface area contributed by atoms with E-state index in [1.165, 1.54) is 24.2 Å². The topological polar surface area (TPSA) is 54.9 Å². The Morgan fingerprint density at radius 3 is 2.88 bits per heavy atom. The maximum Gasteiger partial charge on any atom is 0.229 e. The fourth-order valence-electron chi connectivity index (χ4n) is 1.62. The van der Waals surface area contributed by atoms with Crippen molar-refractivity contribution >= 4 is 22.4 Å². The quantitative estimate of drug-likeness (QED) is 0.818. The molecule has 2 rings (SSSR count). The molecule has 0 radical (unpaired) electrons. The third-order valence-electron chi connectivity index (χ3n) is 2.70. The van der Waals surface area contributed by atoms with Gasteiger partial charge in [-0.15, -0.1) is 16.8 Å². The first-order valence-corrected chi connectivity index (χ1v) is 6.66. The summed E-state index contributed by atoms with van der Waals surface area (Å²) < 4.78 is 0. The average Bonchev–Trinajstić information content (AvgIpc) is 2.99. The van der Waals surface area contributed by atoms with E-state index in [1.54, 1.807) is 0 Å². The van der Waals surface area contributed by atoms with Gasteiger partial charge in [0.2, 0.25) is 11.0 Å². The highest BCUT2D eigenvalue weighted by Gasteiger charge is 2.28. The van der Waals surface area contributed by atoms with Gasteiger partial charge in [0, 0.05) is 11.8 Å². The Morgan fingerprint density at radius 2 is 2.29 bits per heavy atom. The van der Waals surface area contributed by atoms with Crippen LogP contribution in [0.15, 0.2) is 12.2 Å². The molecule has 0 spiro atoms. The molecule has 0 bridgehead atoms. The number of carbonyl (C=O) groups is 1. The van der Waals surface area contributed by atoms with Crippen LogP contribution in [0.3, 0.4) is 0 Å². The number of rotatable bonds is 5. The molecule has 17 heavy (non-hydrogen) atoms. The third kappa shape index (κ3) is 3.36. The second kappa shape index (κ2) is 4.96. The predicted molar refractivity (Wildman–Crippen MR) is 69.1 cm³/mol. The van der Waals surface area contributed by atoms with Crippen molar-refractivity contribution in [3.05, 3.63) is 17.2 Å². The number of carbonyl (C=O) groups excluding carboxylic acids is 1. The van der Waals surface area contributed by atoms with Crippen LogP contribution >= 0.6 is 11.3 Å². The molecule has 1 aliphatic carbocycles. The van der Waals surface area contributed by atoms with Gasteiger partial charge in [-0.25, -0.2) is 0 Å². The number of aromatic nitrogens is 2. The summed E-state index contributed by atoms with van der Waals surface area (Å²) in [5.41, 5.74) is 1.02. The molecule has 0 saturated heterocycles. The number of allylic oxidation sites excluding steroid dienone is 1. The molecule has 5 heteroatoms. The first-order valence-electron chi connectivity index (χ1n) is 5.85. The smallest absolute Gasteiger partial charge is 0.229 e. The van der Waals surface area contributed by atoms with E-state index in [0.29, 0.717) is 17.5 Å². The van der Waals surface area contributed by atoms with E-state index in [4.69, 9.17) is 0 Å². The Kier molecular flexibility index (Phi) is 3.57. The summed E-state index contributed by atoms with van der Waals surface area (Å²) in [7, 11) is 0. The van der Waals surface area contributed by atoms with Gasteiger partial charge in [0.1, 0.15) is 5.01 Å². The molecule has 1 aromatic heterocycles. The zero-order valence-electron chi connectivity index (χ0n) is 10.2. The van der Waals surface area contributed by atoms with Gasteiger partial charge in [-0.05, 0) is 26.2 Å². The van der Waals surface area contributed by atoms with Crippen molar-refractivity contribution in [3.8, 4) is 0 Å². The first kappa shape index (κ1) is 12.2. The van der Waals surface area contributed by atoms with Gasteiger partial charge in [-0.1, -0.05) is 23.8 Å². The SMILES string of the molecule is C=C(C)CC(C)C(=O)Nc1nnc(C2CC2)s1. The van der Waals surface area contributed by atoms with Crippen LogP contribution in [0.2, 0.25) is 0 Å². The normalized spacial score (nSPS) is 16.6. The molecule has 1 atom stereocenters. The summed E-state index contributed by atoms with van der Waals surface area (Å²) in [5.74, 6) is 0.512. The van der Waals surface area contributed by atoms with Crippen molar-refractivity contribution in [1.29, 1.82) is 0 Å². The number of amides is 1. The van der Waals surface area contributed by atoms with Crippen LogP contribution < -0.4 is 5.32 Å². The van der Waals surface area contributed by atoms with Crippen molar-refractivity contribution < 1.29 is 4.79 Å². The van der Waals surface area contributed by atoms with E-state index in [2.05, 4.69) is 22.1 Å². The highest BCUT2D eigenvalue weighted by molar-refractivity contribution is 7.15. The average molecular weight is 251 g/mol. The Bertz CT molecular complexity index is 437. The molecular weight excluding hydrogens is 234 g/mol. The van der Waals surface area contributed by atoms with Crippen LogP contribution in [0.4, 0.5) is 5.13 Å². The minimum atomic E-state index is -0.0687. The largest absolute Gasteiger partial charge is 0.300 e. The number of hydrogen-bond donors (Lipinski definition) is 1. The maximum atomic E-state index is 11.8. The molecule has 1 unspecified atom stereocenters. The van der Waals surface area contributed by atoms with Crippen LogP contribution in [0, 0.1) is 5.92 Å². The molecule has 92 valence electrons. The van der Waals surface area contributed by atoms with Crippen molar-refractivity contribution in [1.82, 2.24) is 10.2 Å². The van der Waals surface area contributed by atoms with Gasteiger partial charge in [0.05, 0.1) is 0 Å². The van der Waals surface area contributed by atoms with Crippen molar-refractivity contribution in [3.63, 3.8) is 0 Å². The molecule has 1 saturated carbocycles. The first-order chi connectivity index (χ1) is 8.06. The highest BCUT2D eigenvalue weighted by atomic mass is 32.1. The minimum Gasteiger partial charge on any atom is -0.300 e. The predicted octanol–water partition coefficient (Wildman–Crippen LogP) is 2.96. The van der Waals surface area contributed by atoms with Crippen LogP contribution in [0.1, 0.15) is 44.0 Å². The van der Waals surface area contributed by atoms with Crippen LogP contribution in [0.25, 0.3) is 0 Å². The molecule has 1 aliphatic rings. The molecular formula is C12H17N3OS. The number of hydrogen-bond acceptors (Lipinski definition) is 4. The van der Waals surface area contributed by atoms with Gasteiger partial charge < -0.3 is 5.32 Å². The van der Waals surface area contributed by atoms with Crippen molar-refractivity contribution in [2.45, 2.75) is 39.0 Å². The lowest BCUT2D eigenvalue weighted by molar-refractivity contribution is -0.119. The Labute approximate surface area is 105 Å². The summed E-state index contributed by atoms with van der Waals surface area (Å²) >= 11 is 1.49. The van der Waals surface area contributed by atoms with E-state index >= 15 is 0 Å². The molecule has 4 nitrogen and oxygen atoms in total. The molecule has 1 heterocycles. The summed E-state index contributed by atoms with van der Waals surface area (Å²) in [4.78, 5) is 11.8. The highest BCUT2D eigenvalue weighted by Crippen LogP contribution is 2.42. The van der Waals surface area contributed by atoms with E-state index < -0.39 is 0 Å². The van der Waals surface area contributed by atoms with Crippen molar-refractivity contribution in [2.24, 2.45) is 5.92 Å². The van der Waals surface area contributed by atoms with E-state index in [0.717, 1.165) is 10.6 Å². The zero-order valence-corrected chi connectivity index (χ0v) is 11.0.